The molecule has 3 fully saturated rings. The van der Waals surface area contributed by atoms with Crippen molar-refractivity contribution in [3.8, 4) is 0 Å². The number of carbonyl (C=O) groups is 3. The van der Waals surface area contributed by atoms with Crippen molar-refractivity contribution in [1.29, 1.82) is 0 Å². The van der Waals surface area contributed by atoms with Gasteiger partial charge in [-0.15, -0.1) is 0 Å². The minimum atomic E-state index is -5.73. The average molecular weight is 384 g/mol. The van der Waals surface area contributed by atoms with E-state index in [9.17, 15) is 31.6 Å². The number of hydrogen-bond donors (Lipinski definition) is 1. The van der Waals surface area contributed by atoms with Crippen molar-refractivity contribution in [3.63, 3.8) is 0 Å². The Kier molecular flexibility index (Phi) is 4.22. The van der Waals surface area contributed by atoms with Gasteiger partial charge in [-0.25, -0.2) is 4.79 Å². The zero-order valence-corrected chi connectivity index (χ0v) is 13.4. The fraction of sp³-hybridized carbons (Fsp3) is 0.769. The number of ether oxygens (including phenoxy) is 3. The van der Waals surface area contributed by atoms with E-state index >= 15 is 0 Å². The van der Waals surface area contributed by atoms with E-state index < -0.39 is 52.5 Å². The van der Waals surface area contributed by atoms with E-state index in [2.05, 4.69) is 4.74 Å². The number of hydrogen-bond acceptors (Lipinski definition) is 8. The SMILES string of the molecule is O=C(COC(=O)C1C2CC3C(=O)OC1C3C2)OCC(F)(F)S(=O)(=O)O. The van der Waals surface area contributed by atoms with E-state index in [1.165, 1.54) is 0 Å². The molecule has 0 radical (unpaired) electrons. The molecule has 5 atom stereocenters. The Hall–Kier alpha value is -1.82. The highest BCUT2D eigenvalue weighted by molar-refractivity contribution is 7.86. The maximum Gasteiger partial charge on any atom is 0.402 e. The summed E-state index contributed by atoms with van der Waals surface area (Å²) >= 11 is 0. The molecule has 1 saturated heterocycles. The monoisotopic (exact) mass is 384 g/mol. The van der Waals surface area contributed by atoms with Crippen LogP contribution in [0.15, 0.2) is 0 Å². The summed E-state index contributed by atoms with van der Waals surface area (Å²) < 4.78 is 68.7. The second-order valence-corrected chi connectivity index (χ2v) is 7.86. The maximum absolute atomic E-state index is 12.9. The average Bonchev–Trinajstić information content (AvgIpc) is 3.12. The topological polar surface area (TPSA) is 133 Å². The van der Waals surface area contributed by atoms with Crippen LogP contribution in [-0.4, -0.2) is 55.5 Å². The molecule has 2 bridgehead atoms. The summed E-state index contributed by atoms with van der Waals surface area (Å²) in [5.74, 6) is -3.61. The summed E-state index contributed by atoms with van der Waals surface area (Å²) in [5.41, 5.74) is 0. The molecule has 9 nitrogen and oxygen atoms in total. The fourth-order valence-electron chi connectivity index (χ4n) is 3.79. The van der Waals surface area contributed by atoms with Gasteiger partial charge in [0, 0.05) is 5.92 Å². The van der Waals surface area contributed by atoms with Crippen LogP contribution in [0, 0.1) is 23.7 Å². The lowest BCUT2D eigenvalue weighted by Crippen LogP contribution is -2.37. The third-order valence-electron chi connectivity index (χ3n) is 4.87. The van der Waals surface area contributed by atoms with Crippen molar-refractivity contribution in [2.45, 2.75) is 24.2 Å². The van der Waals surface area contributed by atoms with Gasteiger partial charge in [-0.05, 0) is 18.8 Å². The first-order valence-corrected chi connectivity index (χ1v) is 8.83. The van der Waals surface area contributed by atoms with Crippen molar-refractivity contribution >= 4 is 28.0 Å². The predicted molar refractivity (Wildman–Crippen MR) is 71.5 cm³/mol. The number of carbonyl (C=O) groups excluding carboxylic acids is 3. The van der Waals surface area contributed by atoms with Crippen LogP contribution in [-0.2, 0) is 38.7 Å². The van der Waals surface area contributed by atoms with Gasteiger partial charge < -0.3 is 14.2 Å². The van der Waals surface area contributed by atoms with E-state index in [-0.39, 0.29) is 23.7 Å². The molecule has 1 aliphatic heterocycles. The van der Waals surface area contributed by atoms with Crippen LogP contribution in [0.3, 0.4) is 0 Å². The summed E-state index contributed by atoms with van der Waals surface area (Å²) in [5, 5.41) is -4.66. The summed E-state index contributed by atoms with van der Waals surface area (Å²) in [7, 11) is -5.73. The molecule has 140 valence electrons. The minimum Gasteiger partial charge on any atom is -0.461 e. The Morgan fingerprint density at radius 3 is 2.60 bits per heavy atom. The third kappa shape index (κ3) is 3.08. The van der Waals surface area contributed by atoms with Gasteiger partial charge in [-0.1, -0.05) is 0 Å². The highest BCUT2D eigenvalue weighted by Gasteiger charge is 2.64. The number of alkyl halides is 2. The van der Waals surface area contributed by atoms with E-state index in [0.717, 1.165) is 0 Å². The summed E-state index contributed by atoms with van der Waals surface area (Å²) in [6.07, 6.45) is 0.556. The van der Waals surface area contributed by atoms with Crippen LogP contribution in [0.2, 0.25) is 0 Å². The van der Waals surface area contributed by atoms with Crippen LogP contribution < -0.4 is 0 Å². The molecule has 25 heavy (non-hydrogen) atoms. The minimum absolute atomic E-state index is 0.0459. The van der Waals surface area contributed by atoms with Crippen LogP contribution in [0.5, 0.6) is 0 Å². The van der Waals surface area contributed by atoms with Gasteiger partial charge in [0.1, 0.15) is 6.10 Å². The highest BCUT2D eigenvalue weighted by Crippen LogP contribution is 2.57. The van der Waals surface area contributed by atoms with Crippen molar-refractivity contribution in [2.75, 3.05) is 13.2 Å². The first kappa shape index (κ1) is 18.0. The summed E-state index contributed by atoms with van der Waals surface area (Å²) in [4.78, 5) is 35.0. The largest absolute Gasteiger partial charge is 0.461 e. The summed E-state index contributed by atoms with van der Waals surface area (Å²) in [6, 6.07) is 0. The van der Waals surface area contributed by atoms with Crippen LogP contribution in [0.1, 0.15) is 12.8 Å². The van der Waals surface area contributed by atoms with Gasteiger partial charge in [0.15, 0.2) is 13.2 Å². The molecule has 2 saturated carbocycles. The molecule has 0 spiro atoms. The number of rotatable bonds is 6. The molecule has 0 aromatic rings. The molecule has 5 unspecified atom stereocenters. The lowest BCUT2D eigenvalue weighted by molar-refractivity contribution is -0.168. The van der Waals surface area contributed by atoms with Crippen molar-refractivity contribution in [2.24, 2.45) is 23.7 Å². The van der Waals surface area contributed by atoms with Gasteiger partial charge in [0.25, 0.3) is 0 Å². The summed E-state index contributed by atoms with van der Waals surface area (Å²) in [6.45, 7) is -2.91. The molecular formula is C13H14F2O9S. The zero-order valence-electron chi connectivity index (χ0n) is 12.6. The van der Waals surface area contributed by atoms with Gasteiger partial charge in [0.2, 0.25) is 0 Å². The predicted octanol–water partition coefficient (Wildman–Crippen LogP) is -0.249. The zero-order chi connectivity index (χ0) is 18.6. The Morgan fingerprint density at radius 1 is 1.28 bits per heavy atom. The van der Waals surface area contributed by atoms with Crippen molar-refractivity contribution in [1.82, 2.24) is 0 Å². The molecule has 0 aromatic carbocycles. The second kappa shape index (κ2) is 5.87. The highest BCUT2D eigenvalue weighted by atomic mass is 32.2. The second-order valence-electron chi connectivity index (χ2n) is 6.31. The normalized spacial score (nSPS) is 33.2. The fourth-order valence-corrected chi connectivity index (χ4v) is 4.00. The van der Waals surface area contributed by atoms with E-state index in [4.69, 9.17) is 14.0 Å². The smallest absolute Gasteiger partial charge is 0.402 e. The Bertz CT molecular complexity index is 719. The molecule has 3 rings (SSSR count). The lowest BCUT2D eigenvalue weighted by atomic mass is 9.82. The van der Waals surface area contributed by atoms with Gasteiger partial charge in [0.05, 0.1) is 11.8 Å². The first-order valence-electron chi connectivity index (χ1n) is 7.39. The molecule has 1 N–H and O–H groups in total. The maximum atomic E-state index is 12.9. The van der Waals surface area contributed by atoms with Gasteiger partial charge >= 0.3 is 33.3 Å². The van der Waals surface area contributed by atoms with Crippen molar-refractivity contribution < 1.29 is 50.3 Å². The quantitative estimate of drug-likeness (QED) is 0.374. The molecule has 12 heteroatoms. The van der Waals surface area contributed by atoms with Crippen molar-refractivity contribution in [3.05, 3.63) is 0 Å². The lowest BCUT2D eigenvalue weighted by Gasteiger charge is -2.23. The van der Waals surface area contributed by atoms with E-state index in [0.29, 0.717) is 12.8 Å². The molecule has 3 aliphatic rings. The number of halogens is 2. The molecule has 2 aliphatic carbocycles. The van der Waals surface area contributed by atoms with Crippen LogP contribution >= 0.6 is 0 Å². The van der Waals surface area contributed by atoms with Gasteiger partial charge in [-0.3, -0.25) is 14.1 Å². The molecular weight excluding hydrogens is 370 g/mol. The molecule has 1 heterocycles. The number of esters is 3. The Balaban J connectivity index is 1.49. The Morgan fingerprint density at radius 2 is 1.96 bits per heavy atom. The Labute approximate surface area is 140 Å². The van der Waals surface area contributed by atoms with Crippen LogP contribution in [0.4, 0.5) is 8.78 Å². The van der Waals surface area contributed by atoms with Crippen LogP contribution in [0.25, 0.3) is 0 Å². The van der Waals surface area contributed by atoms with E-state index in [1.807, 2.05) is 0 Å². The standard InChI is InChI=1S/C13H14F2O9S/c14-13(15,25(19,20)21)4-23-8(16)3-22-12(18)9-5-1-6-7(2-5)11(17)24-10(6)9/h5-7,9-10H,1-4H2,(H,19,20,21). The van der Waals surface area contributed by atoms with Gasteiger partial charge in [-0.2, -0.15) is 17.2 Å². The molecule has 0 aromatic heterocycles. The third-order valence-corrected chi connectivity index (χ3v) is 5.74. The first-order chi connectivity index (χ1) is 11.5. The number of fused-ring (bicyclic) bond motifs is 1. The molecule has 0 amide bonds. The van der Waals surface area contributed by atoms with E-state index in [1.54, 1.807) is 0 Å².